The van der Waals surface area contributed by atoms with Crippen molar-refractivity contribution in [2.75, 3.05) is 18.5 Å². The Hall–Kier alpha value is -1.20. The number of ether oxygens (including phenoxy) is 1. The molecular formula is C12H17N3OS. The SMILES string of the molecule is CCOC(C)(C)CNc1ncnc2sccc12. The number of anilines is 1. The van der Waals surface area contributed by atoms with Gasteiger partial charge in [-0.25, -0.2) is 9.97 Å². The molecule has 1 N–H and O–H groups in total. The summed E-state index contributed by atoms with van der Waals surface area (Å²) in [4.78, 5) is 9.50. The van der Waals surface area contributed by atoms with Crippen LogP contribution in [0.3, 0.4) is 0 Å². The summed E-state index contributed by atoms with van der Waals surface area (Å²) >= 11 is 1.62. The molecule has 0 fully saturated rings. The molecule has 0 unspecified atom stereocenters. The summed E-state index contributed by atoms with van der Waals surface area (Å²) < 4.78 is 5.64. The molecule has 0 radical (unpaired) electrons. The van der Waals surface area contributed by atoms with Crippen molar-refractivity contribution in [1.82, 2.24) is 9.97 Å². The molecule has 0 amide bonds. The molecule has 2 rings (SSSR count). The first-order valence-corrected chi connectivity index (χ1v) is 6.56. The maximum Gasteiger partial charge on any atom is 0.138 e. The van der Waals surface area contributed by atoms with Crippen LogP contribution in [-0.2, 0) is 4.74 Å². The van der Waals surface area contributed by atoms with Crippen molar-refractivity contribution in [3.63, 3.8) is 0 Å². The molecule has 5 heteroatoms. The normalized spacial score (nSPS) is 11.9. The number of rotatable bonds is 5. The van der Waals surface area contributed by atoms with Gasteiger partial charge in [-0.1, -0.05) is 0 Å². The van der Waals surface area contributed by atoms with Gasteiger partial charge in [0.25, 0.3) is 0 Å². The van der Waals surface area contributed by atoms with E-state index in [2.05, 4.69) is 29.1 Å². The molecule has 0 saturated heterocycles. The Morgan fingerprint density at radius 1 is 1.41 bits per heavy atom. The molecule has 2 heterocycles. The van der Waals surface area contributed by atoms with E-state index in [-0.39, 0.29) is 5.60 Å². The Morgan fingerprint density at radius 3 is 3.00 bits per heavy atom. The molecule has 0 bridgehead atoms. The quantitative estimate of drug-likeness (QED) is 0.887. The number of fused-ring (bicyclic) bond motifs is 1. The Morgan fingerprint density at radius 2 is 2.24 bits per heavy atom. The van der Waals surface area contributed by atoms with Crippen LogP contribution in [0.4, 0.5) is 5.82 Å². The van der Waals surface area contributed by atoms with Crippen molar-refractivity contribution < 1.29 is 4.74 Å². The zero-order valence-electron chi connectivity index (χ0n) is 10.4. The molecule has 0 aliphatic rings. The standard InChI is InChI=1S/C12H17N3OS/c1-4-16-12(2,3)7-13-10-9-5-6-17-11(9)15-8-14-10/h5-6,8H,4,7H2,1-3H3,(H,13,14,15). The Labute approximate surface area is 105 Å². The number of hydrogen-bond donors (Lipinski definition) is 1. The summed E-state index contributed by atoms with van der Waals surface area (Å²) in [7, 11) is 0. The summed E-state index contributed by atoms with van der Waals surface area (Å²) in [6.45, 7) is 7.57. The summed E-state index contributed by atoms with van der Waals surface area (Å²) in [5, 5.41) is 6.43. The fraction of sp³-hybridized carbons (Fsp3) is 0.500. The number of nitrogens with zero attached hydrogens (tertiary/aromatic N) is 2. The van der Waals surface area contributed by atoms with E-state index in [1.165, 1.54) is 0 Å². The highest BCUT2D eigenvalue weighted by Crippen LogP contribution is 2.24. The molecule has 4 nitrogen and oxygen atoms in total. The zero-order valence-corrected chi connectivity index (χ0v) is 11.2. The first kappa shape index (κ1) is 12.3. The first-order valence-electron chi connectivity index (χ1n) is 5.68. The average molecular weight is 251 g/mol. The van der Waals surface area contributed by atoms with Gasteiger partial charge in [-0.2, -0.15) is 0 Å². The molecule has 2 aromatic heterocycles. The molecule has 0 atom stereocenters. The predicted molar refractivity (Wildman–Crippen MR) is 71.6 cm³/mol. The van der Waals surface area contributed by atoms with Gasteiger partial charge in [-0.3, -0.25) is 0 Å². The minimum Gasteiger partial charge on any atom is -0.374 e. The van der Waals surface area contributed by atoms with Crippen LogP contribution in [0.2, 0.25) is 0 Å². The van der Waals surface area contributed by atoms with Crippen LogP contribution in [-0.4, -0.2) is 28.7 Å². The lowest BCUT2D eigenvalue weighted by atomic mass is 10.1. The van der Waals surface area contributed by atoms with Crippen LogP contribution >= 0.6 is 11.3 Å². The average Bonchev–Trinajstić information content (AvgIpc) is 2.74. The fourth-order valence-corrected chi connectivity index (χ4v) is 2.40. The second-order valence-electron chi connectivity index (χ2n) is 4.41. The zero-order chi connectivity index (χ0) is 12.3. The van der Waals surface area contributed by atoms with Gasteiger partial charge in [-0.05, 0) is 32.2 Å². The third kappa shape index (κ3) is 2.92. The van der Waals surface area contributed by atoms with Gasteiger partial charge in [0.2, 0.25) is 0 Å². The van der Waals surface area contributed by atoms with Gasteiger partial charge in [0.1, 0.15) is 17.0 Å². The van der Waals surface area contributed by atoms with Crippen molar-refractivity contribution >= 4 is 27.4 Å². The molecule has 0 spiro atoms. The summed E-state index contributed by atoms with van der Waals surface area (Å²) in [5.74, 6) is 0.879. The lowest BCUT2D eigenvalue weighted by molar-refractivity contribution is 0.000663. The molecule has 92 valence electrons. The smallest absolute Gasteiger partial charge is 0.138 e. The molecule has 0 aliphatic heterocycles. The van der Waals surface area contributed by atoms with Gasteiger partial charge < -0.3 is 10.1 Å². The fourth-order valence-electron chi connectivity index (χ4n) is 1.67. The molecule has 2 aromatic rings. The number of hydrogen-bond acceptors (Lipinski definition) is 5. The Balaban J connectivity index is 2.11. The highest BCUT2D eigenvalue weighted by molar-refractivity contribution is 7.16. The largest absolute Gasteiger partial charge is 0.374 e. The van der Waals surface area contributed by atoms with Gasteiger partial charge in [-0.15, -0.1) is 11.3 Å². The van der Waals surface area contributed by atoms with Gasteiger partial charge >= 0.3 is 0 Å². The van der Waals surface area contributed by atoms with E-state index >= 15 is 0 Å². The van der Waals surface area contributed by atoms with Crippen molar-refractivity contribution in [1.29, 1.82) is 0 Å². The Kier molecular flexibility index (Phi) is 3.59. The predicted octanol–water partition coefficient (Wildman–Crippen LogP) is 2.92. The molecule has 17 heavy (non-hydrogen) atoms. The van der Waals surface area contributed by atoms with Crippen LogP contribution in [0.25, 0.3) is 10.2 Å². The molecule has 0 saturated carbocycles. The minimum absolute atomic E-state index is 0.192. The second kappa shape index (κ2) is 4.98. The van der Waals surface area contributed by atoms with E-state index in [0.717, 1.165) is 22.6 Å². The van der Waals surface area contributed by atoms with Gasteiger partial charge in [0.05, 0.1) is 11.0 Å². The summed E-state index contributed by atoms with van der Waals surface area (Å²) in [6.07, 6.45) is 1.59. The van der Waals surface area contributed by atoms with E-state index in [4.69, 9.17) is 4.74 Å². The molecule has 0 aliphatic carbocycles. The van der Waals surface area contributed by atoms with Crippen LogP contribution in [0.15, 0.2) is 17.8 Å². The summed E-state index contributed by atoms with van der Waals surface area (Å²) in [5.41, 5.74) is -0.192. The second-order valence-corrected chi connectivity index (χ2v) is 5.30. The number of thiophene rings is 1. The lowest BCUT2D eigenvalue weighted by Crippen LogP contribution is -2.33. The van der Waals surface area contributed by atoms with Crippen molar-refractivity contribution in [3.8, 4) is 0 Å². The third-order valence-electron chi connectivity index (χ3n) is 2.48. The lowest BCUT2D eigenvalue weighted by Gasteiger charge is -2.25. The highest BCUT2D eigenvalue weighted by atomic mass is 32.1. The monoisotopic (exact) mass is 251 g/mol. The van der Waals surface area contributed by atoms with Crippen LogP contribution in [0.1, 0.15) is 20.8 Å². The van der Waals surface area contributed by atoms with Crippen molar-refractivity contribution in [2.24, 2.45) is 0 Å². The van der Waals surface area contributed by atoms with E-state index < -0.39 is 0 Å². The van der Waals surface area contributed by atoms with Crippen LogP contribution < -0.4 is 5.32 Å². The first-order chi connectivity index (χ1) is 8.12. The van der Waals surface area contributed by atoms with Crippen molar-refractivity contribution in [3.05, 3.63) is 17.8 Å². The van der Waals surface area contributed by atoms with Crippen LogP contribution in [0, 0.1) is 0 Å². The van der Waals surface area contributed by atoms with Crippen LogP contribution in [0.5, 0.6) is 0 Å². The topological polar surface area (TPSA) is 47.0 Å². The maximum absolute atomic E-state index is 5.64. The molecule has 0 aromatic carbocycles. The number of aromatic nitrogens is 2. The van der Waals surface area contributed by atoms with E-state index in [0.29, 0.717) is 6.61 Å². The minimum atomic E-state index is -0.192. The highest BCUT2D eigenvalue weighted by Gasteiger charge is 2.18. The van der Waals surface area contributed by atoms with E-state index in [1.807, 2.05) is 18.4 Å². The molecular weight excluding hydrogens is 234 g/mol. The van der Waals surface area contributed by atoms with E-state index in [1.54, 1.807) is 17.7 Å². The van der Waals surface area contributed by atoms with E-state index in [9.17, 15) is 0 Å². The third-order valence-corrected chi connectivity index (χ3v) is 3.30. The summed E-state index contributed by atoms with van der Waals surface area (Å²) in [6, 6.07) is 2.04. The van der Waals surface area contributed by atoms with Crippen molar-refractivity contribution in [2.45, 2.75) is 26.4 Å². The Bertz CT molecular complexity index is 495. The number of nitrogens with one attached hydrogen (secondary N) is 1. The van der Waals surface area contributed by atoms with Gasteiger partial charge in [0, 0.05) is 13.2 Å². The van der Waals surface area contributed by atoms with Gasteiger partial charge in [0.15, 0.2) is 0 Å². The maximum atomic E-state index is 5.64.